The van der Waals surface area contributed by atoms with Crippen LogP contribution in [0.5, 0.6) is 11.5 Å². The van der Waals surface area contributed by atoms with Crippen molar-refractivity contribution >= 4 is 35.8 Å². The predicted molar refractivity (Wildman–Crippen MR) is 128 cm³/mol. The summed E-state index contributed by atoms with van der Waals surface area (Å²) >= 11 is 0. The fourth-order valence-electron chi connectivity index (χ4n) is 3.32. The number of methoxy groups -OCH3 is 2. The lowest BCUT2D eigenvalue weighted by Gasteiger charge is -2.20. The molecule has 1 aliphatic rings. The molecule has 1 aromatic rings. The van der Waals surface area contributed by atoms with Crippen LogP contribution in [-0.2, 0) is 11.2 Å². The number of amides is 1. The molecule has 1 unspecified atom stereocenters. The number of benzene rings is 1. The van der Waals surface area contributed by atoms with E-state index in [-0.39, 0.29) is 41.8 Å². The van der Waals surface area contributed by atoms with Gasteiger partial charge in [-0.25, -0.2) is 0 Å². The molecular formula is C21H35IN4O3. The van der Waals surface area contributed by atoms with Gasteiger partial charge in [0.2, 0.25) is 5.91 Å². The number of halogens is 1. The second-order valence-corrected chi connectivity index (χ2v) is 7.26. The maximum atomic E-state index is 12.2. The minimum Gasteiger partial charge on any atom is -0.497 e. The molecule has 164 valence electrons. The molecule has 29 heavy (non-hydrogen) atoms. The van der Waals surface area contributed by atoms with Crippen LogP contribution >= 0.6 is 24.0 Å². The van der Waals surface area contributed by atoms with E-state index in [4.69, 9.17) is 14.5 Å². The maximum Gasteiger partial charge on any atom is 0.225 e. The highest BCUT2D eigenvalue weighted by Gasteiger charge is 2.27. The van der Waals surface area contributed by atoms with E-state index in [1.54, 1.807) is 14.2 Å². The van der Waals surface area contributed by atoms with E-state index in [0.717, 1.165) is 55.5 Å². The number of hydrogen-bond acceptors (Lipinski definition) is 4. The van der Waals surface area contributed by atoms with Crippen LogP contribution in [0.4, 0.5) is 0 Å². The second kappa shape index (κ2) is 12.8. The summed E-state index contributed by atoms with van der Waals surface area (Å²) < 4.78 is 10.7. The van der Waals surface area contributed by atoms with Gasteiger partial charge in [-0.2, -0.15) is 0 Å². The van der Waals surface area contributed by atoms with E-state index in [1.165, 1.54) is 0 Å². The number of nitrogens with one attached hydrogen (secondary N) is 2. The van der Waals surface area contributed by atoms with Gasteiger partial charge in [-0.3, -0.25) is 9.79 Å². The number of hydrogen-bond donors (Lipinski definition) is 2. The van der Waals surface area contributed by atoms with Gasteiger partial charge in [0.1, 0.15) is 11.5 Å². The van der Waals surface area contributed by atoms with Crippen molar-refractivity contribution < 1.29 is 14.3 Å². The molecule has 0 aliphatic carbocycles. The first kappa shape index (κ1) is 25.3. The van der Waals surface area contributed by atoms with Crippen LogP contribution in [0.1, 0.15) is 32.8 Å². The Hall–Kier alpha value is -1.71. The lowest BCUT2D eigenvalue weighted by molar-refractivity contribution is -0.133. The molecule has 0 aromatic heterocycles. The summed E-state index contributed by atoms with van der Waals surface area (Å²) in [5, 5.41) is 6.76. The quantitative estimate of drug-likeness (QED) is 0.315. The number of carbonyl (C=O) groups excluding carboxylic acids is 1. The zero-order valence-electron chi connectivity index (χ0n) is 18.2. The molecular weight excluding hydrogens is 483 g/mol. The summed E-state index contributed by atoms with van der Waals surface area (Å²) in [4.78, 5) is 18.8. The molecule has 0 spiro atoms. The van der Waals surface area contributed by atoms with Gasteiger partial charge < -0.3 is 25.0 Å². The zero-order chi connectivity index (χ0) is 20.5. The first-order valence-electron chi connectivity index (χ1n) is 10.0. The van der Waals surface area contributed by atoms with Gasteiger partial charge in [0, 0.05) is 38.1 Å². The van der Waals surface area contributed by atoms with Crippen molar-refractivity contribution in [2.24, 2.45) is 10.9 Å². The van der Waals surface area contributed by atoms with Gasteiger partial charge in [-0.1, -0.05) is 13.8 Å². The van der Waals surface area contributed by atoms with Crippen LogP contribution in [-0.4, -0.2) is 63.2 Å². The number of nitrogens with zero attached hydrogens (tertiary/aromatic N) is 2. The lowest BCUT2D eigenvalue weighted by Crippen LogP contribution is -2.45. The van der Waals surface area contributed by atoms with Crippen LogP contribution in [0.3, 0.4) is 0 Å². The van der Waals surface area contributed by atoms with E-state index in [0.29, 0.717) is 6.54 Å². The number of likely N-dealkylation sites (tertiary alicyclic amines) is 1. The van der Waals surface area contributed by atoms with Crippen LogP contribution < -0.4 is 20.1 Å². The van der Waals surface area contributed by atoms with E-state index >= 15 is 0 Å². The molecule has 1 aliphatic heterocycles. The molecule has 0 radical (unpaired) electrons. The van der Waals surface area contributed by atoms with Gasteiger partial charge in [0.25, 0.3) is 0 Å². The minimum atomic E-state index is 0. The lowest BCUT2D eigenvalue weighted by atomic mass is 10.1. The van der Waals surface area contributed by atoms with Gasteiger partial charge in [0.15, 0.2) is 5.96 Å². The molecule has 0 bridgehead atoms. The van der Waals surface area contributed by atoms with E-state index in [1.807, 2.05) is 43.9 Å². The molecule has 1 fully saturated rings. The first-order chi connectivity index (χ1) is 13.5. The number of carbonyl (C=O) groups is 1. The van der Waals surface area contributed by atoms with Gasteiger partial charge in [-0.05, 0) is 43.5 Å². The van der Waals surface area contributed by atoms with Crippen molar-refractivity contribution in [2.45, 2.75) is 39.7 Å². The Bertz CT molecular complexity index is 682. The fourth-order valence-corrected chi connectivity index (χ4v) is 3.32. The monoisotopic (exact) mass is 518 g/mol. The highest BCUT2D eigenvalue weighted by Crippen LogP contribution is 2.24. The van der Waals surface area contributed by atoms with Crippen molar-refractivity contribution in [3.05, 3.63) is 23.8 Å². The van der Waals surface area contributed by atoms with Crippen molar-refractivity contribution in [2.75, 3.05) is 40.4 Å². The molecule has 1 aromatic carbocycles. The zero-order valence-corrected chi connectivity index (χ0v) is 20.5. The summed E-state index contributed by atoms with van der Waals surface area (Å²) in [6.45, 7) is 8.88. The van der Waals surface area contributed by atoms with Crippen molar-refractivity contribution in [1.82, 2.24) is 15.5 Å². The Kier molecular flexibility index (Phi) is 11.2. The van der Waals surface area contributed by atoms with Crippen LogP contribution in [0.25, 0.3) is 0 Å². The van der Waals surface area contributed by atoms with E-state index in [2.05, 4.69) is 10.6 Å². The standard InChI is InChI=1S/C21H34N4O3.HI/c1-6-22-21(24-17-10-12-25(14-17)20(26)15(2)3)23-11-9-16-13-18(27-4)7-8-19(16)28-5;/h7-8,13,15,17H,6,9-12,14H2,1-5H3,(H2,22,23,24);1H. The third kappa shape index (κ3) is 7.56. The largest absolute Gasteiger partial charge is 0.497 e. The molecule has 8 heteroatoms. The van der Waals surface area contributed by atoms with Crippen LogP contribution in [0, 0.1) is 5.92 Å². The summed E-state index contributed by atoms with van der Waals surface area (Å²) in [6, 6.07) is 6.02. The van der Waals surface area contributed by atoms with Gasteiger partial charge in [-0.15, -0.1) is 24.0 Å². The molecule has 2 N–H and O–H groups in total. The normalized spacial score (nSPS) is 16.4. The Morgan fingerprint density at radius 1 is 1.31 bits per heavy atom. The van der Waals surface area contributed by atoms with Crippen molar-refractivity contribution in [3.8, 4) is 11.5 Å². The molecule has 1 amide bonds. The smallest absolute Gasteiger partial charge is 0.225 e. The van der Waals surface area contributed by atoms with Crippen molar-refractivity contribution in [3.63, 3.8) is 0 Å². The summed E-state index contributed by atoms with van der Waals surface area (Å²) in [7, 11) is 3.33. The van der Waals surface area contributed by atoms with Crippen molar-refractivity contribution in [1.29, 1.82) is 0 Å². The summed E-state index contributed by atoms with van der Waals surface area (Å²) in [5.41, 5.74) is 1.07. The minimum absolute atomic E-state index is 0. The van der Waals surface area contributed by atoms with E-state index < -0.39 is 0 Å². The predicted octanol–water partition coefficient (Wildman–Crippen LogP) is 2.68. The second-order valence-electron chi connectivity index (χ2n) is 7.26. The number of ether oxygens (including phenoxy) is 2. The summed E-state index contributed by atoms with van der Waals surface area (Å²) in [5.74, 6) is 2.70. The van der Waals surface area contributed by atoms with Crippen LogP contribution in [0.15, 0.2) is 23.2 Å². The molecule has 0 saturated carbocycles. The summed E-state index contributed by atoms with van der Waals surface area (Å²) in [6.07, 6.45) is 1.69. The Morgan fingerprint density at radius 2 is 2.07 bits per heavy atom. The molecule has 1 heterocycles. The first-order valence-corrected chi connectivity index (χ1v) is 10.0. The highest BCUT2D eigenvalue weighted by molar-refractivity contribution is 14.0. The van der Waals surface area contributed by atoms with Gasteiger partial charge >= 0.3 is 0 Å². The third-order valence-corrected chi connectivity index (χ3v) is 4.82. The number of rotatable bonds is 8. The molecule has 1 saturated heterocycles. The SMILES string of the molecule is CCNC(=NCCc1cc(OC)ccc1OC)NC1CCN(C(=O)C(C)C)C1.I. The van der Waals surface area contributed by atoms with Crippen LogP contribution in [0.2, 0.25) is 0 Å². The Labute approximate surface area is 191 Å². The average molecular weight is 518 g/mol. The number of guanidine groups is 1. The average Bonchev–Trinajstić information content (AvgIpc) is 3.15. The molecule has 1 atom stereocenters. The molecule has 7 nitrogen and oxygen atoms in total. The Balaban J connectivity index is 0.00000420. The molecule has 2 rings (SSSR count). The van der Waals surface area contributed by atoms with E-state index in [9.17, 15) is 4.79 Å². The topological polar surface area (TPSA) is 75.2 Å². The third-order valence-electron chi connectivity index (χ3n) is 4.82. The number of aliphatic imine (C=N–C) groups is 1. The Morgan fingerprint density at radius 3 is 2.69 bits per heavy atom. The fraction of sp³-hybridized carbons (Fsp3) is 0.619. The van der Waals surface area contributed by atoms with Gasteiger partial charge in [0.05, 0.1) is 14.2 Å². The highest BCUT2D eigenvalue weighted by atomic mass is 127. The maximum absolute atomic E-state index is 12.2.